The van der Waals surface area contributed by atoms with Crippen molar-refractivity contribution in [3.8, 4) is 11.5 Å². The van der Waals surface area contributed by atoms with Gasteiger partial charge in [-0.05, 0) is 31.0 Å². The number of allylic oxidation sites excluding steroid dienone is 1. The number of urea groups is 1. The van der Waals surface area contributed by atoms with Crippen molar-refractivity contribution in [2.45, 2.75) is 13.3 Å². The first-order valence-electron chi connectivity index (χ1n) is 5.76. The molecule has 0 saturated heterocycles. The molecule has 0 aromatic heterocycles. The van der Waals surface area contributed by atoms with Gasteiger partial charge in [-0.1, -0.05) is 6.08 Å². The summed E-state index contributed by atoms with van der Waals surface area (Å²) in [6.07, 6.45) is 3.59. The van der Waals surface area contributed by atoms with Crippen LogP contribution in [-0.4, -0.2) is 24.0 Å². The first-order valence-corrected chi connectivity index (χ1v) is 5.76. The number of carbonyl (C=O) groups is 1. The van der Waals surface area contributed by atoms with Crippen LogP contribution in [0.15, 0.2) is 29.9 Å². The fraction of sp³-hybridized carbons (Fsp3) is 0.231. The third kappa shape index (κ3) is 4.34. The predicted molar refractivity (Wildman–Crippen MR) is 73.5 cm³/mol. The molecule has 0 bridgehead atoms. The Morgan fingerprint density at radius 2 is 2.37 bits per heavy atom. The topological polar surface area (TPSA) is 96.9 Å². The summed E-state index contributed by atoms with van der Waals surface area (Å²) in [5.74, 6) is 0.448. The van der Waals surface area contributed by atoms with Crippen molar-refractivity contribution in [1.29, 1.82) is 0 Å². The zero-order valence-electron chi connectivity index (χ0n) is 10.7. The molecule has 1 aromatic carbocycles. The van der Waals surface area contributed by atoms with E-state index in [1.807, 2.05) is 6.92 Å². The van der Waals surface area contributed by atoms with E-state index in [9.17, 15) is 9.90 Å². The van der Waals surface area contributed by atoms with Crippen molar-refractivity contribution in [2.75, 3.05) is 6.61 Å². The number of hydrogen-bond acceptors (Lipinski definition) is 4. The largest absolute Gasteiger partial charge is 0.504 e. The van der Waals surface area contributed by atoms with Crippen LogP contribution in [0.4, 0.5) is 4.79 Å². The molecule has 4 N–H and O–H groups in total. The summed E-state index contributed by atoms with van der Waals surface area (Å²) in [7, 11) is 0. The molecule has 0 atom stereocenters. The number of ether oxygens (including phenoxy) is 1. The van der Waals surface area contributed by atoms with E-state index >= 15 is 0 Å². The van der Waals surface area contributed by atoms with Gasteiger partial charge in [0.1, 0.15) is 0 Å². The number of hydrazone groups is 1. The average molecular weight is 263 g/mol. The molecule has 0 fully saturated rings. The number of primary amides is 1. The number of carbonyl (C=O) groups excluding carboxylic acids is 1. The van der Waals surface area contributed by atoms with Crippen LogP contribution in [0.25, 0.3) is 0 Å². The van der Waals surface area contributed by atoms with Gasteiger partial charge in [0, 0.05) is 5.56 Å². The summed E-state index contributed by atoms with van der Waals surface area (Å²) < 4.78 is 5.33. The molecular formula is C13H17N3O3. The molecule has 0 aliphatic carbocycles. The number of aromatic hydroxyl groups is 1. The highest BCUT2D eigenvalue weighted by Gasteiger charge is 2.09. The summed E-state index contributed by atoms with van der Waals surface area (Å²) >= 11 is 0. The maximum absolute atomic E-state index is 10.5. The molecule has 6 nitrogen and oxygen atoms in total. The minimum absolute atomic E-state index is 0.0850. The van der Waals surface area contributed by atoms with Crippen molar-refractivity contribution in [3.63, 3.8) is 0 Å². The molecule has 102 valence electrons. The molecule has 0 heterocycles. The molecular weight excluding hydrogens is 246 g/mol. The number of amides is 2. The molecule has 2 amide bonds. The van der Waals surface area contributed by atoms with Gasteiger partial charge in [-0.15, -0.1) is 6.58 Å². The van der Waals surface area contributed by atoms with Crippen LogP contribution in [0.1, 0.15) is 18.1 Å². The maximum Gasteiger partial charge on any atom is 0.332 e. The number of hydrogen-bond donors (Lipinski definition) is 3. The van der Waals surface area contributed by atoms with Gasteiger partial charge >= 0.3 is 6.03 Å². The van der Waals surface area contributed by atoms with E-state index in [2.05, 4.69) is 17.1 Å². The van der Waals surface area contributed by atoms with Gasteiger partial charge in [-0.25, -0.2) is 10.2 Å². The Morgan fingerprint density at radius 3 is 2.95 bits per heavy atom. The van der Waals surface area contributed by atoms with E-state index in [0.717, 1.165) is 0 Å². The van der Waals surface area contributed by atoms with Crippen LogP contribution in [0.5, 0.6) is 11.5 Å². The van der Waals surface area contributed by atoms with Gasteiger partial charge in [-0.2, -0.15) is 5.10 Å². The Hall–Kier alpha value is -2.50. The van der Waals surface area contributed by atoms with Crippen LogP contribution < -0.4 is 15.9 Å². The lowest BCUT2D eigenvalue weighted by molar-refractivity contribution is 0.249. The SMILES string of the molecule is C=CCc1cc(C=NNC(N)=O)cc(OCC)c1O. The van der Waals surface area contributed by atoms with Gasteiger partial charge in [-0.3, -0.25) is 0 Å². The molecule has 0 spiro atoms. The number of phenols is 1. The number of nitrogens with zero attached hydrogens (tertiary/aromatic N) is 1. The van der Waals surface area contributed by atoms with E-state index < -0.39 is 6.03 Å². The predicted octanol–water partition coefficient (Wildman–Crippen LogP) is 1.52. The quantitative estimate of drug-likeness (QED) is 0.412. The number of nitrogens with one attached hydrogen (secondary N) is 1. The van der Waals surface area contributed by atoms with Gasteiger partial charge in [0.25, 0.3) is 0 Å². The minimum atomic E-state index is -0.744. The fourth-order valence-electron chi connectivity index (χ4n) is 1.51. The Bertz CT molecular complexity index is 498. The highest BCUT2D eigenvalue weighted by Crippen LogP contribution is 2.31. The smallest absolute Gasteiger partial charge is 0.332 e. The summed E-state index contributed by atoms with van der Waals surface area (Å²) in [4.78, 5) is 10.5. The van der Waals surface area contributed by atoms with Gasteiger partial charge < -0.3 is 15.6 Å². The number of nitrogens with two attached hydrogens (primary N) is 1. The van der Waals surface area contributed by atoms with Crippen molar-refractivity contribution < 1.29 is 14.6 Å². The third-order valence-electron chi connectivity index (χ3n) is 2.23. The van der Waals surface area contributed by atoms with Crippen LogP contribution in [0.2, 0.25) is 0 Å². The standard InChI is InChI=1S/C13H17N3O3/c1-3-5-10-6-9(8-15-16-13(14)18)7-11(12(10)17)19-4-2/h3,6-8,17H,1,4-5H2,2H3,(H3,14,16,18). The monoisotopic (exact) mass is 263 g/mol. The Morgan fingerprint density at radius 1 is 1.63 bits per heavy atom. The maximum atomic E-state index is 10.5. The molecule has 0 saturated carbocycles. The molecule has 1 rings (SSSR count). The molecule has 6 heteroatoms. The zero-order valence-corrected chi connectivity index (χ0v) is 10.7. The molecule has 19 heavy (non-hydrogen) atoms. The van der Waals surface area contributed by atoms with Crippen molar-refractivity contribution >= 4 is 12.2 Å². The normalized spacial score (nSPS) is 10.4. The lowest BCUT2D eigenvalue weighted by Crippen LogP contribution is -2.24. The van der Waals surface area contributed by atoms with Crippen molar-refractivity contribution in [3.05, 3.63) is 35.9 Å². The van der Waals surface area contributed by atoms with E-state index in [1.165, 1.54) is 6.21 Å². The van der Waals surface area contributed by atoms with Crippen molar-refractivity contribution in [1.82, 2.24) is 5.43 Å². The summed E-state index contributed by atoms with van der Waals surface area (Å²) in [5.41, 5.74) is 8.33. The average Bonchev–Trinajstić information content (AvgIpc) is 2.35. The molecule has 0 aliphatic heterocycles. The number of phenolic OH excluding ortho intramolecular Hbond substituents is 1. The third-order valence-corrected chi connectivity index (χ3v) is 2.23. The lowest BCUT2D eigenvalue weighted by Gasteiger charge is -2.10. The first kappa shape index (κ1) is 14.6. The molecule has 1 aromatic rings. The van der Waals surface area contributed by atoms with Crippen LogP contribution in [0, 0.1) is 0 Å². The molecule has 0 radical (unpaired) electrons. The second-order valence-corrected chi connectivity index (χ2v) is 3.69. The minimum Gasteiger partial charge on any atom is -0.504 e. The van der Waals surface area contributed by atoms with Gasteiger partial charge in [0.05, 0.1) is 12.8 Å². The van der Waals surface area contributed by atoms with Gasteiger partial charge in [0.15, 0.2) is 11.5 Å². The van der Waals surface area contributed by atoms with Crippen LogP contribution in [0.3, 0.4) is 0 Å². The van der Waals surface area contributed by atoms with E-state index in [1.54, 1.807) is 18.2 Å². The first-order chi connectivity index (χ1) is 9.08. The van der Waals surface area contributed by atoms with Gasteiger partial charge in [0.2, 0.25) is 0 Å². The highest BCUT2D eigenvalue weighted by molar-refractivity contribution is 5.83. The Balaban J connectivity index is 3.06. The second-order valence-electron chi connectivity index (χ2n) is 3.69. The van der Waals surface area contributed by atoms with Crippen molar-refractivity contribution in [2.24, 2.45) is 10.8 Å². The lowest BCUT2D eigenvalue weighted by atomic mass is 10.1. The summed E-state index contributed by atoms with van der Waals surface area (Å²) in [5, 5.41) is 13.6. The number of rotatable bonds is 6. The van der Waals surface area contributed by atoms with E-state index in [0.29, 0.717) is 29.9 Å². The second kappa shape index (κ2) is 7.05. The Labute approximate surface area is 111 Å². The van der Waals surface area contributed by atoms with E-state index in [4.69, 9.17) is 10.5 Å². The number of benzene rings is 1. The molecule has 0 aliphatic rings. The summed E-state index contributed by atoms with van der Waals surface area (Å²) in [6, 6.07) is 2.61. The highest BCUT2D eigenvalue weighted by atomic mass is 16.5. The Kier molecular flexibility index (Phi) is 5.40. The van der Waals surface area contributed by atoms with Crippen LogP contribution in [-0.2, 0) is 6.42 Å². The van der Waals surface area contributed by atoms with E-state index in [-0.39, 0.29) is 5.75 Å². The zero-order chi connectivity index (χ0) is 14.3. The van der Waals surface area contributed by atoms with Crippen LogP contribution >= 0.6 is 0 Å². The summed E-state index contributed by atoms with van der Waals surface area (Å²) in [6.45, 7) is 5.88. The fourth-order valence-corrected chi connectivity index (χ4v) is 1.51. The molecule has 0 unspecified atom stereocenters.